The fraction of sp³-hybridized carbons (Fsp3) is 0.333. The molecule has 154 valence electrons. The van der Waals surface area contributed by atoms with Crippen LogP contribution < -0.4 is 10.6 Å². The molecule has 0 bridgehead atoms. The minimum atomic E-state index is -0.722. The molecule has 2 aromatic carbocycles. The molecule has 0 aromatic heterocycles. The Morgan fingerprint density at radius 2 is 1.77 bits per heavy atom. The highest BCUT2D eigenvalue weighted by atomic mass is 16.2. The lowest BCUT2D eigenvalue weighted by Crippen LogP contribution is -2.51. The summed E-state index contributed by atoms with van der Waals surface area (Å²) in [5.41, 5.74) is 1.45. The number of hydrogen-bond acceptors (Lipinski definition) is 4. The van der Waals surface area contributed by atoms with E-state index in [0.717, 1.165) is 11.1 Å². The Kier molecular flexibility index (Phi) is 5.75. The SMILES string of the molecule is CCC1(c2ccc(NC(=O)c3ccc(C(C)(C)C#N)cc3)cc2)CCC(=O)NC1=O. The van der Waals surface area contributed by atoms with Gasteiger partial charge in [-0.2, -0.15) is 5.26 Å². The van der Waals surface area contributed by atoms with Gasteiger partial charge >= 0.3 is 0 Å². The molecule has 2 aromatic rings. The van der Waals surface area contributed by atoms with Gasteiger partial charge in [0.25, 0.3) is 5.91 Å². The number of benzene rings is 2. The van der Waals surface area contributed by atoms with E-state index in [9.17, 15) is 19.6 Å². The molecule has 3 amide bonds. The summed E-state index contributed by atoms with van der Waals surface area (Å²) in [6, 6.07) is 16.4. The monoisotopic (exact) mass is 403 g/mol. The highest BCUT2D eigenvalue weighted by Crippen LogP contribution is 2.36. The van der Waals surface area contributed by atoms with Crippen LogP contribution in [0.5, 0.6) is 0 Å². The number of hydrogen-bond donors (Lipinski definition) is 2. The van der Waals surface area contributed by atoms with Crippen molar-refractivity contribution in [2.75, 3.05) is 5.32 Å². The molecule has 1 atom stereocenters. The van der Waals surface area contributed by atoms with Crippen LogP contribution in [-0.2, 0) is 20.4 Å². The van der Waals surface area contributed by atoms with Crippen LogP contribution in [0.1, 0.15) is 61.5 Å². The van der Waals surface area contributed by atoms with Crippen LogP contribution in [0, 0.1) is 11.3 Å². The van der Waals surface area contributed by atoms with Gasteiger partial charge < -0.3 is 5.32 Å². The quantitative estimate of drug-likeness (QED) is 0.741. The van der Waals surface area contributed by atoms with E-state index in [1.165, 1.54) is 0 Å². The van der Waals surface area contributed by atoms with Gasteiger partial charge in [0, 0.05) is 17.7 Å². The first-order valence-corrected chi connectivity index (χ1v) is 10.00. The maximum atomic E-state index is 12.6. The molecule has 1 aliphatic heterocycles. The first kappa shape index (κ1) is 21.3. The van der Waals surface area contributed by atoms with E-state index in [0.29, 0.717) is 30.5 Å². The number of amides is 3. The number of carbonyl (C=O) groups is 3. The van der Waals surface area contributed by atoms with Crippen LogP contribution >= 0.6 is 0 Å². The second-order valence-corrected chi connectivity index (χ2v) is 8.16. The third kappa shape index (κ3) is 3.97. The fourth-order valence-electron chi connectivity index (χ4n) is 3.74. The lowest BCUT2D eigenvalue weighted by molar-refractivity contribution is -0.138. The van der Waals surface area contributed by atoms with E-state index < -0.39 is 10.8 Å². The number of anilines is 1. The van der Waals surface area contributed by atoms with Crippen LogP contribution in [0.25, 0.3) is 0 Å². The summed E-state index contributed by atoms with van der Waals surface area (Å²) in [5, 5.41) is 14.5. The number of carbonyl (C=O) groups excluding carboxylic acids is 3. The van der Waals surface area contributed by atoms with Gasteiger partial charge in [0.05, 0.1) is 16.9 Å². The molecule has 6 heteroatoms. The Bertz CT molecular complexity index is 1020. The summed E-state index contributed by atoms with van der Waals surface area (Å²) < 4.78 is 0. The van der Waals surface area contributed by atoms with Crippen LogP contribution in [0.3, 0.4) is 0 Å². The second-order valence-electron chi connectivity index (χ2n) is 8.16. The number of nitrogens with zero attached hydrogens (tertiary/aromatic N) is 1. The molecule has 1 aliphatic rings. The van der Waals surface area contributed by atoms with Gasteiger partial charge in [-0.3, -0.25) is 19.7 Å². The summed E-state index contributed by atoms with van der Waals surface area (Å²) in [4.78, 5) is 36.6. The van der Waals surface area contributed by atoms with Gasteiger partial charge in [-0.05, 0) is 62.1 Å². The van der Waals surface area contributed by atoms with E-state index in [4.69, 9.17) is 0 Å². The van der Waals surface area contributed by atoms with Gasteiger partial charge in [0.15, 0.2) is 0 Å². The van der Waals surface area contributed by atoms with Gasteiger partial charge in [-0.15, -0.1) is 0 Å². The summed E-state index contributed by atoms with van der Waals surface area (Å²) in [6.45, 7) is 5.59. The zero-order valence-electron chi connectivity index (χ0n) is 17.4. The predicted molar refractivity (Wildman–Crippen MR) is 114 cm³/mol. The Morgan fingerprint density at radius 1 is 1.13 bits per heavy atom. The molecule has 0 saturated carbocycles. The molecule has 6 nitrogen and oxygen atoms in total. The van der Waals surface area contributed by atoms with Gasteiger partial charge in [0.2, 0.25) is 11.8 Å². The van der Waals surface area contributed by atoms with Crippen LogP contribution in [0.4, 0.5) is 5.69 Å². The highest BCUT2D eigenvalue weighted by Gasteiger charge is 2.42. The third-order valence-corrected chi connectivity index (χ3v) is 5.91. The molecule has 1 saturated heterocycles. The van der Waals surface area contributed by atoms with E-state index >= 15 is 0 Å². The van der Waals surface area contributed by atoms with Gasteiger partial charge in [-0.1, -0.05) is 31.2 Å². The van der Waals surface area contributed by atoms with Crippen molar-refractivity contribution in [3.63, 3.8) is 0 Å². The Hall–Kier alpha value is -3.46. The van der Waals surface area contributed by atoms with Crippen molar-refractivity contribution in [1.82, 2.24) is 5.32 Å². The molecule has 30 heavy (non-hydrogen) atoms. The molecule has 3 rings (SSSR count). The number of imide groups is 1. The molecular weight excluding hydrogens is 378 g/mol. The number of rotatable bonds is 5. The Labute approximate surface area is 176 Å². The maximum Gasteiger partial charge on any atom is 0.255 e. The lowest BCUT2D eigenvalue weighted by Gasteiger charge is -2.35. The third-order valence-electron chi connectivity index (χ3n) is 5.91. The Morgan fingerprint density at radius 3 is 2.30 bits per heavy atom. The smallest absolute Gasteiger partial charge is 0.255 e. The highest BCUT2D eigenvalue weighted by molar-refractivity contribution is 6.05. The van der Waals surface area contributed by atoms with Crippen LogP contribution in [0.15, 0.2) is 48.5 Å². The van der Waals surface area contributed by atoms with Crippen molar-refractivity contribution in [2.24, 2.45) is 0 Å². The molecule has 0 spiro atoms. The summed E-state index contributed by atoms with van der Waals surface area (Å²) in [7, 11) is 0. The number of nitriles is 1. The minimum absolute atomic E-state index is 0.239. The second kappa shape index (κ2) is 8.11. The van der Waals surface area contributed by atoms with Crippen molar-refractivity contribution in [2.45, 2.75) is 50.9 Å². The molecular formula is C24H25N3O3. The fourth-order valence-corrected chi connectivity index (χ4v) is 3.74. The molecule has 1 unspecified atom stereocenters. The van der Waals surface area contributed by atoms with Crippen molar-refractivity contribution in [3.8, 4) is 6.07 Å². The molecule has 2 N–H and O–H groups in total. The maximum absolute atomic E-state index is 12.6. The van der Waals surface area contributed by atoms with Crippen molar-refractivity contribution >= 4 is 23.4 Å². The van der Waals surface area contributed by atoms with E-state index in [-0.39, 0.29) is 17.7 Å². The topological polar surface area (TPSA) is 99.1 Å². The van der Waals surface area contributed by atoms with Crippen molar-refractivity contribution in [3.05, 3.63) is 65.2 Å². The molecule has 1 heterocycles. The average molecular weight is 403 g/mol. The van der Waals surface area contributed by atoms with Gasteiger partial charge in [0.1, 0.15) is 0 Å². The Balaban J connectivity index is 1.74. The number of piperidine rings is 1. The zero-order valence-corrected chi connectivity index (χ0v) is 17.4. The zero-order chi connectivity index (χ0) is 21.9. The molecule has 1 fully saturated rings. The van der Waals surface area contributed by atoms with Crippen molar-refractivity contribution < 1.29 is 14.4 Å². The average Bonchev–Trinajstić information content (AvgIpc) is 2.75. The van der Waals surface area contributed by atoms with E-state index in [1.54, 1.807) is 36.4 Å². The summed E-state index contributed by atoms with van der Waals surface area (Å²) in [6.07, 6.45) is 1.38. The summed E-state index contributed by atoms with van der Waals surface area (Å²) in [5.74, 6) is -0.758. The number of nitrogens with one attached hydrogen (secondary N) is 2. The minimum Gasteiger partial charge on any atom is -0.322 e. The first-order chi connectivity index (χ1) is 14.2. The van der Waals surface area contributed by atoms with E-state index in [1.807, 2.05) is 32.9 Å². The van der Waals surface area contributed by atoms with Crippen LogP contribution in [-0.4, -0.2) is 17.7 Å². The first-order valence-electron chi connectivity index (χ1n) is 10.00. The van der Waals surface area contributed by atoms with Crippen molar-refractivity contribution in [1.29, 1.82) is 5.26 Å². The molecule has 0 radical (unpaired) electrons. The molecule has 0 aliphatic carbocycles. The van der Waals surface area contributed by atoms with Crippen LogP contribution in [0.2, 0.25) is 0 Å². The normalized spacial score (nSPS) is 19.0. The van der Waals surface area contributed by atoms with Gasteiger partial charge in [-0.25, -0.2) is 0 Å². The largest absolute Gasteiger partial charge is 0.322 e. The lowest BCUT2D eigenvalue weighted by atomic mass is 9.72. The predicted octanol–water partition coefficient (Wildman–Crippen LogP) is 3.82. The standard InChI is InChI=1S/C24H25N3O3/c1-4-24(14-13-20(28)27-22(24)30)18-9-11-19(12-10-18)26-21(29)16-5-7-17(8-6-16)23(2,3)15-25/h5-12H,4,13-14H2,1-3H3,(H,26,29)(H,27,28,30). The van der Waals surface area contributed by atoms with E-state index in [2.05, 4.69) is 16.7 Å². The summed E-state index contributed by atoms with van der Waals surface area (Å²) >= 11 is 0.